The number of benzene rings is 2. The van der Waals surface area contributed by atoms with E-state index in [9.17, 15) is 8.42 Å². The fourth-order valence-electron chi connectivity index (χ4n) is 6.00. The Morgan fingerprint density at radius 1 is 0.952 bits per heavy atom. The minimum atomic E-state index is -3.45. The van der Waals surface area contributed by atoms with Crippen LogP contribution in [0, 0.1) is 6.92 Å². The van der Waals surface area contributed by atoms with E-state index in [0.29, 0.717) is 29.2 Å². The van der Waals surface area contributed by atoms with Crippen molar-refractivity contribution in [3.05, 3.63) is 53.4 Å². The molecule has 2 fully saturated rings. The first-order chi connectivity index (χ1) is 20.3. The van der Waals surface area contributed by atoms with E-state index in [0.717, 1.165) is 46.6 Å². The molecule has 2 aromatic carbocycles. The van der Waals surface area contributed by atoms with Gasteiger partial charge in [-0.1, -0.05) is 12.1 Å². The Labute approximate surface area is 251 Å². The second-order valence-corrected chi connectivity index (χ2v) is 13.7. The SMILES string of the molecule is COc1cc(N2CCC(N3CCCC3)CC2)c(C)cc1Nc1nc(Nc2ccccc2NS(C)(=O)=O)c2sccc2n1. The molecule has 0 aliphatic carbocycles. The summed E-state index contributed by atoms with van der Waals surface area (Å²) < 4.78 is 33.1. The summed E-state index contributed by atoms with van der Waals surface area (Å²) in [6.45, 7) is 6.71. The third-order valence-electron chi connectivity index (χ3n) is 8.01. The fourth-order valence-corrected chi connectivity index (χ4v) is 7.35. The zero-order valence-corrected chi connectivity index (χ0v) is 25.8. The monoisotopic (exact) mass is 607 g/mol. The number of rotatable bonds is 9. The van der Waals surface area contributed by atoms with Crippen LogP contribution in [0.2, 0.25) is 0 Å². The number of aromatic nitrogens is 2. The Morgan fingerprint density at radius 2 is 1.69 bits per heavy atom. The highest BCUT2D eigenvalue weighted by atomic mass is 32.2. The molecular formula is C30H37N7O3S2. The van der Waals surface area contributed by atoms with Crippen molar-refractivity contribution >= 4 is 66.1 Å². The molecule has 2 saturated heterocycles. The molecule has 0 radical (unpaired) electrons. The first-order valence-corrected chi connectivity index (χ1v) is 17.1. The molecule has 10 nitrogen and oxygen atoms in total. The van der Waals surface area contributed by atoms with Crippen LogP contribution in [0.4, 0.5) is 34.5 Å². The van der Waals surface area contributed by atoms with Crippen LogP contribution < -0.4 is 25.0 Å². The van der Waals surface area contributed by atoms with Gasteiger partial charge in [0, 0.05) is 30.9 Å². The number of nitrogens with one attached hydrogen (secondary N) is 3. The predicted octanol–water partition coefficient (Wildman–Crippen LogP) is 5.93. The zero-order valence-electron chi connectivity index (χ0n) is 24.2. The highest BCUT2D eigenvalue weighted by Crippen LogP contribution is 2.38. The molecule has 4 heterocycles. The quantitative estimate of drug-likeness (QED) is 0.213. The average Bonchev–Trinajstić information content (AvgIpc) is 3.67. The van der Waals surface area contributed by atoms with E-state index in [2.05, 4.69) is 44.2 Å². The van der Waals surface area contributed by atoms with Crippen LogP contribution in [0.3, 0.4) is 0 Å². The number of ether oxygens (including phenoxy) is 1. The number of fused-ring (bicyclic) bond motifs is 1. The van der Waals surface area contributed by atoms with E-state index in [-0.39, 0.29) is 0 Å². The number of likely N-dealkylation sites (tertiary alicyclic amines) is 1. The molecule has 4 aromatic rings. The van der Waals surface area contributed by atoms with Crippen molar-refractivity contribution in [3.8, 4) is 5.75 Å². The summed E-state index contributed by atoms with van der Waals surface area (Å²) in [6.07, 6.45) is 6.17. The normalized spacial score (nSPS) is 16.6. The lowest BCUT2D eigenvalue weighted by Gasteiger charge is -2.38. The summed E-state index contributed by atoms with van der Waals surface area (Å²) in [5.41, 5.74) is 4.95. The number of nitrogens with zero attached hydrogens (tertiary/aromatic N) is 4. The molecule has 0 unspecified atom stereocenters. The Balaban J connectivity index is 1.25. The summed E-state index contributed by atoms with van der Waals surface area (Å²) in [5.74, 6) is 1.71. The Morgan fingerprint density at radius 3 is 2.40 bits per heavy atom. The van der Waals surface area contributed by atoms with Crippen LogP contribution in [0.1, 0.15) is 31.2 Å². The van der Waals surface area contributed by atoms with Crippen molar-refractivity contribution in [1.29, 1.82) is 0 Å². The summed E-state index contributed by atoms with van der Waals surface area (Å²) >= 11 is 1.52. The van der Waals surface area contributed by atoms with Gasteiger partial charge in [-0.25, -0.2) is 13.4 Å². The standard InChI is InChI=1S/C30H37N7O3S2/c1-20-18-25(27(40-2)19-26(20)37-15-10-21(11-16-37)36-13-6-7-14-36)33-30-32-24-12-17-41-28(24)29(34-30)31-22-8-4-5-9-23(22)35-42(3,38)39/h4-5,8-9,12,17-19,21,35H,6-7,10-11,13-16H2,1-3H3,(H2,31,32,33,34). The lowest BCUT2D eigenvalue weighted by molar-refractivity contribution is 0.208. The lowest BCUT2D eigenvalue weighted by atomic mass is 10.0. The first kappa shape index (κ1) is 28.5. The minimum absolute atomic E-state index is 0.411. The minimum Gasteiger partial charge on any atom is -0.494 e. The number of piperidine rings is 1. The summed E-state index contributed by atoms with van der Waals surface area (Å²) in [7, 11) is -1.77. The van der Waals surface area contributed by atoms with Gasteiger partial charge < -0.3 is 25.2 Å². The van der Waals surface area contributed by atoms with E-state index >= 15 is 0 Å². The molecule has 3 N–H and O–H groups in total. The van der Waals surface area contributed by atoms with E-state index < -0.39 is 10.0 Å². The molecule has 12 heteroatoms. The number of anilines is 6. The van der Waals surface area contributed by atoms with Gasteiger partial charge in [0.05, 0.1) is 40.6 Å². The highest BCUT2D eigenvalue weighted by Gasteiger charge is 2.27. The van der Waals surface area contributed by atoms with Gasteiger partial charge in [0.2, 0.25) is 16.0 Å². The number of aryl methyl sites for hydroxylation is 1. The van der Waals surface area contributed by atoms with Gasteiger partial charge in [-0.3, -0.25) is 4.72 Å². The molecule has 0 amide bonds. The van der Waals surface area contributed by atoms with Gasteiger partial charge in [0.15, 0.2) is 5.82 Å². The first-order valence-electron chi connectivity index (χ1n) is 14.3. The van der Waals surface area contributed by atoms with Crippen LogP contribution in [-0.2, 0) is 10.0 Å². The number of hydrogen-bond donors (Lipinski definition) is 3. The number of para-hydroxylation sites is 2. The summed E-state index contributed by atoms with van der Waals surface area (Å²) in [4.78, 5) is 14.7. The number of thiophene rings is 1. The molecule has 0 atom stereocenters. The fraction of sp³-hybridized carbons (Fsp3) is 0.400. The maximum atomic E-state index is 11.9. The van der Waals surface area contributed by atoms with Crippen molar-refractivity contribution in [2.24, 2.45) is 0 Å². The molecule has 0 bridgehead atoms. The van der Waals surface area contributed by atoms with Crippen molar-refractivity contribution in [3.63, 3.8) is 0 Å². The van der Waals surface area contributed by atoms with Crippen molar-refractivity contribution in [1.82, 2.24) is 14.9 Å². The molecule has 42 heavy (non-hydrogen) atoms. The van der Waals surface area contributed by atoms with Crippen molar-refractivity contribution < 1.29 is 13.2 Å². The maximum absolute atomic E-state index is 11.9. The van der Waals surface area contributed by atoms with E-state index in [1.54, 1.807) is 25.3 Å². The lowest BCUT2D eigenvalue weighted by Crippen LogP contribution is -2.44. The van der Waals surface area contributed by atoms with Gasteiger partial charge in [-0.15, -0.1) is 11.3 Å². The molecule has 0 spiro atoms. The second-order valence-electron chi connectivity index (χ2n) is 11.0. The third-order valence-corrected chi connectivity index (χ3v) is 9.51. The molecule has 2 aliphatic heterocycles. The van der Waals surface area contributed by atoms with Crippen LogP contribution in [0.5, 0.6) is 5.75 Å². The molecule has 6 rings (SSSR count). The van der Waals surface area contributed by atoms with E-state index in [1.807, 2.05) is 17.5 Å². The molecule has 2 aliphatic rings. The van der Waals surface area contributed by atoms with Crippen LogP contribution >= 0.6 is 11.3 Å². The third kappa shape index (κ3) is 6.25. The summed E-state index contributed by atoms with van der Waals surface area (Å²) in [6, 6.07) is 14.0. The van der Waals surface area contributed by atoms with E-state index in [4.69, 9.17) is 14.7 Å². The molecule has 0 saturated carbocycles. The van der Waals surface area contributed by atoms with Gasteiger partial charge in [-0.05, 0) is 80.9 Å². The largest absolute Gasteiger partial charge is 0.494 e. The highest BCUT2D eigenvalue weighted by molar-refractivity contribution is 7.92. The Hall–Kier alpha value is -3.61. The average molecular weight is 608 g/mol. The Kier molecular flexibility index (Phi) is 8.11. The number of methoxy groups -OCH3 is 1. The molecular weight excluding hydrogens is 571 g/mol. The number of hydrogen-bond acceptors (Lipinski definition) is 10. The number of sulfonamides is 1. The van der Waals surface area contributed by atoms with Gasteiger partial charge in [0.25, 0.3) is 0 Å². The second kappa shape index (κ2) is 11.9. The van der Waals surface area contributed by atoms with Gasteiger partial charge in [0.1, 0.15) is 5.75 Å². The van der Waals surface area contributed by atoms with Gasteiger partial charge >= 0.3 is 0 Å². The van der Waals surface area contributed by atoms with Crippen molar-refractivity contribution in [2.45, 2.75) is 38.6 Å². The zero-order chi connectivity index (χ0) is 29.3. The van der Waals surface area contributed by atoms with Crippen LogP contribution in [-0.4, -0.2) is 68.9 Å². The topological polar surface area (TPSA) is 112 Å². The van der Waals surface area contributed by atoms with Crippen LogP contribution in [0.15, 0.2) is 47.8 Å². The summed E-state index contributed by atoms with van der Waals surface area (Å²) in [5, 5.41) is 8.66. The molecule has 2 aromatic heterocycles. The predicted molar refractivity (Wildman–Crippen MR) is 173 cm³/mol. The van der Waals surface area contributed by atoms with Crippen LogP contribution in [0.25, 0.3) is 10.2 Å². The maximum Gasteiger partial charge on any atom is 0.229 e. The molecule has 222 valence electrons. The van der Waals surface area contributed by atoms with E-state index in [1.165, 1.54) is 55.8 Å². The Bertz CT molecular complexity index is 1680. The van der Waals surface area contributed by atoms with Gasteiger partial charge in [-0.2, -0.15) is 4.98 Å². The smallest absolute Gasteiger partial charge is 0.229 e. The van der Waals surface area contributed by atoms with Crippen molar-refractivity contribution in [2.75, 3.05) is 59.8 Å².